The summed E-state index contributed by atoms with van der Waals surface area (Å²) in [6, 6.07) is 2.91. The van der Waals surface area contributed by atoms with Crippen LogP contribution in [0, 0.1) is 0 Å². The molecular weight excluding hydrogens is 256 g/mol. The normalized spacial score (nSPS) is 12.2. The van der Waals surface area contributed by atoms with Crippen molar-refractivity contribution in [2.45, 2.75) is 18.6 Å². The molecule has 0 aromatic carbocycles. The summed E-state index contributed by atoms with van der Waals surface area (Å²) in [4.78, 5) is 14.3. The van der Waals surface area contributed by atoms with Gasteiger partial charge in [0.15, 0.2) is 9.84 Å². The zero-order valence-corrected chi connectivity index (χ0v) is 11.3. The summed E-state index contributed by atoms with van der Waals surface area (Å²) >= 11 is 0. The zero-order valence-electron chi connectivity index (χ0n) is 10.5. The van der Waals surface area contributed by atoms with Gasteiger partial charge in [0.25, 0.3) is 0 Å². The Morgan fingerprint density at radius 3 is 2.44 bits per heavy atom. The number of rotatable bonds is 5. The van der Waals surface area contributed by atoms with Crippen LogP contribution in [0.5, 0.6) is 0 Å². The fourth-order valence-electron chi connectivity index (χ4n) is 1.07. The molecule has 0 amide bonds. The van der Waals surface area contributed by atoms with Crippen LogP contribution in [0.3, 0.4) is 0 Å². The molecule has 0 unspecified atom stereocenters. The van der Waals surface area contributed by atoms with Gasteiger partial charge >= 0.3 is 5.97 Å². The number of nitrogens with one attached hydrogen (secondary N) is 1. The summed E-state index contributed by atoms with van der Waals surface area (Å²) in [6.07, 6.45) is 2.54. The van der Waals surface area contributed by atoms with Crippen LogP contribution in [0.2, 0.25) is 0 Å². The van der Waals surface area contributed by atoms with Crippen LogP contribution >= 0.6 is 0 Å². The van der Waals surface area contributed by atoms with Crippen molar-refractivity contribution in [1.82, 2.24) is 4.98 Å². The van der Waals surface area contributed by atoms with E-state index in [1.807, 2.05) is 0 Å². The van der Waals surface area contributed by atoms with Gasteiger partial charge in [0.05, 0.1) is 16.6 Å². The quantitative estimate of drug-likeness (QED) is 0.830. The summed E-state index contributed by atoms with van der Waals surface area (Å²) in [5.41, 5.74) is 0.527. The molecule has 0 saturated carbocycles. The molecule has 6 nitrogen and oxygen atoms in total. The van der Waals surface area contributed by atoms with E-state index in [0.29, 0.717) is 5.69 Å². The number of carboxylic acid groups (broad SMARTS) is 1. The van der Waals surface area contributed by atoms with Crippen LogP contribution in [-0.2, 0) is 9.84 Å². The Morgan fingerprint density at radius 2 is 2.06 bits per heavy atom. The SMILES string of the molecule is CC(C)(CNc1ccc(C(=O)O)nc1)S(C)(=O)=O. The van der Waals surface area contributed by atoms with Gasteiger partial charge in [0.1, 0.15) is 5.69 Å². The van der Waals surface area contributed by atoms with E-state index in [9.17, 15) is 13.2 Å². The van der Waals surface area contributed by atoms with Crippen molar-refractivity contribution in [2.24, 2.45) is 0 Å². The van der Waals surface area contributed by atoms with E-state index in [1.54, 1.807) is 19.9 Å². The predicted octanol–water partition coefficient (Wildman–Crippen LogP) is 1.01. The molecule has 1 rings (SSSR count). The maximum absolute atomic E-state index is 11.5. The Bertz CT molecular complexity index is 535. The Labute approximate surface area is 106 Å². The van der Waals surface area contributed by atoms with Crippen molar-refractivity contribution in [3.63, 3.8) is 0 Å². The van der Waals surface area contributed by atoms with E-state index in [4.69, 9.17) is 5.11 Å². The Hall–Kier alpha value is -1.63. The van der Waals surface area contributed by atoms with Gasteiger partial charge in [-0.2, -0.15) is 0 Å². The monoisotopic (exact) mass is 272 g/mol. The fourth-order valence-corrected chi connectivity index (χ4v) is 1.41. The lowest BCUT2D eigenvalue weighted by Crippen LogP contribution is -2.38. The molecule has 0 saturated heterocycles. The van der Waals surface area contributed by atoms with Crippen LogP contribution < -0.4 is 5.32 Å². The number of anilines is 1. The third-order valence-electron chi connectivity index (χ3n) is 2.70. The van der Waals surface area contributed by atoms with Crippen molar-refractivity contribution >= 4 is 21.5 Å². The topological polar surface area (TPSA) is 96.4 Å². The largest absolute Gasteiger partial charge is 0.477 e. The minimum absolute atomic E-state index is 0.0528. The van der Waals surface area contributed by atoms with Crippen molar-refractivity contribution < 1.29 is 18.3 Å². The highest BCUT2D eigenvalue weighted by Crippen LogP contribution is 2.16. The summed E-state index contributed by atoms with van der Waals surface area (Å²) < 4.78 is 22.1. The van der Waals surface area contributed by atoms with E-state index in [-0.39, 0.29) is 12.2 Å². The highest BCUT2D eigenvalue weighted by atomic mass is 32.2. The van der Waals surface area contributed by atoms with E-state index in [2.05, 4.69) is 10.3 Å². The second kappa shape index (κ2) is 4.93. The molecule has 0 aliphatic rings. The van der Waals surface area contributed by atoms with Crippen molar-refractivity contribution in [3.05, 3.63) is 24.0 Å². The molecular formula is C11H16N2O4S. The van der Waals surface area contributed by atoms with Gasteiger partial charge in [-0.25, -0.2) is 18.2 Å². The molecule has 1 aromatic rings. The summed E-state index contributed by atoms with van der Waals surface area (Å²) in [6.45, 7) is 3.46. The average molecular weight is 272 g/mol. The van der Waals surface area contributed by atoms with Gasteiger partial charge in [-0.15, -0.1) is 0 Å². The number of aromatic carboxylic acids is 1. The molecule has 100 valence electrons. The van der Waals surface area contributed by atoms with Gasteiger partial charge in [0.2, 0.25) is 0 Å². The minimum atomic E-state index is -3.17. The number of carboxylic acids is 1. The predicted molar refractivity (Wildman–Crippen MR) is 68.6 cm³/mol. The Morgan fingerprint density at radius 1 is 1.44 bits per heavy atom. The highest BCUT2D eigenvalue weighted by Gasteiger charge is 2.29. The second-order valence-corrected chi connectivity index (χ2v) is 7.27. The summed E-state index contributed by atoms with van der Waals surface area (Å²) in [5, 5.41) is 11.6. The number of carbonyl (C=O) groups is 1. The number of sulfone groups is 1. The van der Waals surface area contributed by atoms with Crippen LogP contribution in [0.1, 0.15) is 24.3 Å². The van der Waals surface area contributed by atoms with Gasteiger partial charge in [-0.1, -0.05) is 0 Å². The minimum Gasteiger partial charge on any atom is -0.477 e. The van der Waals surface area contributed by atoms with Crippen LogP contribution in [0.4, 0.5) is 5.69 Å². The molecule has 0 spiro atoms. The van der Waals surface area contributed by atoms with Gasteiger partial charge in [0, 0.05) is 12.8 Å². The second-order valence-electron chi connectivity index (χ2n) is 4.62. The van der Waals surface area contributed by atoms with Crippen molar-refractivity contribution in [2.75, 3.05) is 18.1 Å². The number of pyridine rings is 1. The third kappa shape index (κ3) is 3.43. The average Bonchev–Trinajstić information content (AvgIpc) is 2.25. The molecule has 0 aliphatic carbocycles. The Balaban J connectivity index is 2.73. The lowest BCUT2D eigenvalue weighted by molar-refractivity contribution is 0.0690. The molecule has 0 aliphatic heterocycles. The molecule has 0 fully saturated rings. The zero-order chi connectivity index (χ0) is 14.0. The van der Waals surface area contributed by atoms with Gasteiger partial charge < -0.3 is 10.4 Å². The molecule has 18 heavy (non-hydrogen) atoms. The lowest BCUT2D eigenvalue weighted by atomic mass is 10.2. The van der Waals surface area contributed by atoms with Crippen molar-refractivity contribution in [1.29, 1.82) is 0 Å². The first kappa shape index (κ1) is 14.4. The van der Waals surface area contributed by atoms with E-state index >= 15 is 0 Å². The molecule has 1 aromatic heterocycles. The number of hydrogen-bond acceptors (Lipinski definition) is 5. The fraction of sp³-hybridized carbons (Fsp3) is 0.455. The number of aromatic nitrogens is 1. The smallest absolute Gasteiger partial charge is 0.354 e. The standard InChI is InChI=1S/C11H16N2O4S/c1-11(2,18(3,16)17)7-13-8-4-5-9(10(14)15)12-6-8/h4-6,13H,7H2,1-3H3,(H,14,15). The molecule has 7 heteroatoms. The Kier molecular flexibility index (Phi) is 3.95. The summed E-state index contributed by atoms with van der Waals surface area (Å²) in [5.74, 6) is -1.10. The van der Waals surface area contributed by atoms with E-state index in [1.165, 1.54) is 18.5 Å². The highest BCUT2D eigenvalue weighted by molar-refractivity contribution is 7.92. The van der Waals surface area contributed by atoms with Gasteiger partial charge in [-0.05, 0) is 26.0 Å². The first-order valence-electron chi connectivity index (χ1n) is 5.26. The number of nitrogens with zero attached hydrogens (tertiary/aromatic N) is 1. The van der Waals surface area contributed by atoms with Crippen LogP contribution in [-0.4, -0.2) is 42.0 Å². The molecule has 0 bridgehead atoms. The van der Waals surface area contributed by atoms with E-state index in [0.717, 1.165) is 0 Å². The van der Waals surface area contributed by atoms with Crippen LogP contribution in [0.25, 0.3) is 0 Å². The first-order chi connectivity index (χ1) is 8.13. The third-order valence-corrected chi connectivity index (χ3v) is 4.86. The number of hydrogen-bond donors (Lipinski definition) is 2. The van der Waals surface area contributed by atoms with E-state index < -0.39 is 20.6 Å². The maximum atomic E-state index is 11.5. The molecule has 2 N–H and O–H groups in total. The van der Waals surface area contributed by atoms with Gasteiger partial charge in [-0.3, -0.25) is 0 Å². The molecule has 0 radical (unpaired) electrons. The van der Waals surface area contributed by atoms with Crippen molar-refractivity contribution in [3.8, 4) is 0 Å². The summed E-state index contributed by atoms with van der Waals surface area (Å²) in [7, 11) is -3.17. The molecule has 0 atom stereocenters. The molecule has 1 heterocycles. The first-order valence-corrected chi connectivity index (χ1v) is 7.15. The lowest BCUT2D eigenvalue weighted by Gasteiger charge is -2.23. The maximum Gasteiger partial charge on any atom is 0.354 e. The van der Waals surface area contributed by atoms with Crippen LogP contribution in [0.15, 0.2) is 18.3 Å².